The number of benzene rings is 1. The smallest absolute Gasteiger partial charge is 0.122 e. The van der Waals surface area contributed by atoms with Crippen molar-refractivity contribution in [2.75, 3.05) is 33.8 Å². The van der Waals surface area contributed by atoms with Crippen LogP contribution in [0.4, 0.5) is 0 Å². The van der Waals surface area contributed by atoms with Crippen molar-refractivity contribution in [3.05, 3.63) is 23.3 Å². The summed E-state index contributed by atoms with van der Waals surface area (Å²) in [7, 11) is 3.93. The average Bonchev–Trinajstić information content (AvgIpc) is 2.36. The van der Waals surface area contributed by atoms with E-state index < -0.39 is 0 Å². The molecule has 2 rings (SSSR count). The predicted octanol–water partition coefficient (Wildman–Crippen LogP) is 2.27. The highest BCUT2D eigenvalue weighted by Gasteiger charge is 2.20. The van der Waals surface area contributed by atoms with Gasteiger partial charge in [0.1, 0.15) is 5.75 Å². The molecule has 0 bridgehead atoms. The quantitative estimate of drug-likeness (QED) is 0.907. The molecule has 0 saturated carbocycles. The minimum absolute atomic E-state index is 0.519. The first-order valence-electron chi connectivity index (χ1n) is 6.34. The lowest BCUT2D eigenvalue weighted by molar-refractivity contribution is 0.266. The molecule has 1 aliphatic heterocycles. The van der Waals surface area contributed by atoms with Gasteiger partial charge >= 0.3 is 0 Å². The van der Waals surface area contributed by atoms with Gasteiger partial charge in [-0.15, -0.1) is 11.8 Å². The van der Waals surface area contributed by atoms with E-state index in [1.807, 2.05) is 11.8 Å². The van der Waals surface area contributed by atoms with Gasteiger partial charge in [-0.1, -0.05) is 0 Å². The van der Waals surface area contributed by atoms with E-state index in [4.69, 9.17) is 4.74 Å². The minimum atomic E-state index is 0.519. The summed E-state index contributed by atoms with van der Waals surface area (Å²) in [5.74, 6) is 0.979. The normalized spacial score (nSPS) is 21.0. The van der Waals surface area contributed by atoms with Crippen molar-refractivity contribution < 1.29 is 4.74 Å². The highest BCUT2D eigenvalue weighted by atomic mass is 32.2. The van der Waals surface area contributed by atoms with Crippen molar-refractivity contribution >= 4 is 11.8 Å². The van der Waals surface area contributed by atoms with Crippen molar-refractivity contribution in [2.24, 2.45) is 0 Å². The van der Waals surface area contributed by atoms with E-state index >= 15 is 0 Å². The molecule has 0 aromatic heterocycles. The molecular weight excluding hydrogens is 244 g/mol. The van der Waals surface area contributed by atoms with Gasteiger partial charge in [-0.25, -0.2) is 0 Å². The summed E-state index contributed by atoms with van der Waals surface area (Å²) >= 11 is 1.94. The monoisotopic (exact) mass is 266 g/mol. The Kier molecular flexibility index (Phi) is 4.54. The molecule has 18 heavy (non-hydrogen) atoms. The maximum absolute atomic E-state index is 5.36. The number of methoxy groups -OCH3 is 1. The minimum Gasteiger partial charge on any atom is -0.496 e. The molecule has 1 aromatic carbocycles. The van der Waals surface area contributed by atoms with Crippen LogP contribution in [-0.4, -0.2) is 44.1 Å². The first-order valence-corrected chi connectivity index (χ1v) is 7.22. The van der Waals surface area contributed by atoms with Gasteiger partial charge in [0.2, 0.25) is 0 Å². The molecule has 3 nitrogen and oxygen atoms in total. The molecule has 1 N–H and O–H groups in total. The van der Waals surface area contributed by atoms with Gasteiger partial charge in [-0.05, 0) is 44.2 Å². The second-order valence-electron chi connectivity index (χ2n) is 4.84. The van der Waals surface area contributed by atoms with Gasteiger partial charge in [-0.2, -0.15) is 0 Å². The molecule has 1 heterocycles. The molecular formula is C14H22N2OS. The Balaban J connectivity index is 2.15. The number of hydrogen-bond donors (Lipinski definition) is 1. The van der Waals surface area contributed by atoms with Crippen LogP contribution in [0.2, 0.25) is 0 Å². The van der Waals surface area contributed by atoms with Crippen molar-refractivity contribution in [2.45, 2.75) is 24.1 Å². The second kappa shape index (κ2) is 5.95. The molecule has 1 fully saturated rings. The molecule has 1 atom stereocenters. The molecule has 0 amide bonds. The Labute approximate surface area is 114 Å². The lowest BCUT2D eigenvalue weighted by Gasteiger charge is -2.32. The first-order chi connectivity index (χ1) is 8.61. The number of likely N-dealkylation sites (N-methyl/N-ethyl adjacent to an activating group) is 1. The number of nitrogens with zero attached hydrogens (tertiary/aromatic N) is 1. The van der Waals surface area contributed by atoms with Gasteiger partial charge in [0.25, 0.3) is 0 Å². The SMILES string of the molecule is COc1cc(C)c(SC2CNCCN2C)cc1C. The van der Waals surface area contributed by atoms with Gasteiger partial charge in [0, 0.05) is 24.5 Å². The molecule has 0 radical (unpaired) electrons. The molecule has 1 saturated heterocycles. The van der Waals surface area contributed by atoms with E-state index in [0.29, 0.717) is 5.37 Å². The van der Waals surface area contributed by atoms with Crippen LogP contribution in [0.3, 0.4) is 0 Å². The molecule has 0 aliphatic carbocycles. The van der Waals surface area contributed by atoms with Crippen LogP contribution in [0.15, 0.2) is 17.0 Å². The molecule has 100 valence electrons. The van der Waals surface area contributed by atoms with Crippen LogP contribution in [0, 0.1) is 13.8 Å². The van der Waals surface area contributed by atoms with Gasteiger partial charge < -0.3 is 10.1 Å². The third-order valence-electron chi connectivity index (χ3n) is 3.41. The van der Waals surface area contributed by atoms with Crippen molar-refractivity contribution in [3.8, 4) is 5.75 Å². The van der Waals surface area contributed by atoms with Crippen molar-refractivity contribution in [3.63, 3.8) is 0 Å². The van der Waals surface area contributed by atoms with Crippen LogP contribution < -0.4 is 10.1 Å². The van der Waals surface area contributed by atoms with E-state index in [-0.39, 0.29) is 0 Å². The third kappa shape index (κ3) is 2.99. The van der Waals surface area contributed by atoms with Crippen LogP contribution in [0.25, 0.3) is 0 Å². The van der Waals surface area contributed by atoms with Crippen LogP contribution in [0.5, 0.6) is 5.75 Å². The summed E-state index contributed by atoms with van der Waals surface area (Å²) < 4.78 is 5.36. The van der Waals surface area contributed by atoms with E-state index in [1.165, 1.54) is 16.0 Å². The standard InChI is InChI=1S/C14H22N2OS/c1-10-8-13(11(2)7-12(10)17-4)18-14-9-15-5-6-16(14)3/h7-8,14-15H,5-6,9H2,1-4H3. The molecule has 1 unspecified atom stereocenters. The number of rotatable bonds is 3. The lowest BCUT2D eigenvalue weighted by atomic mass is 10.1. The summed E-state index contributed by atoms with van der Waals surface area (Å²) in [4.78, 5) is 3.77. The number of ether oxygens (including phenoxy) is 1. The summed E-state index contributed by atoms with van der Waals surface area (Å²) in [6.07, 6.45) is 0. The van der Waals surface area contributed by atoms with Crippen molar-refractivity contribution in [1.29, 1.82) is 0 Å². The zero-order valence-corrected chi connectivity index (χ0v) is 12.4. The predicted molar refractivity (Wildman–Crippen MR) is 77.6 cm³/mol. The number of nitrogens with one attached hydrogen (secondary N) is 1. The van der Waals surface area contributed by atoms with E-state index in [0.717, 1.165) is 25.4 Å². The topological polar surface area (TPSA) is 24.5 Å². The Morgan fingerprint density at radius 2 is 2.11 bits per heavy atom. The zero-order valence-electron chi connectivity index (χ0n) is 11.6. The fourth-order valence-electron chi connectivity index (χ4n) is 2.17. The highest BCUT2D eigenvalue weighted by Crippen LogP contribution is 2.33. The second-order valence-corrected chi connectivity index (χ2v) is 6.06. The Hall–Kier alpha value is -0.710. The summed E-state index contributed by atoms with van der Waals surface area (Å²) in [5.41, 5.74) is 2.50. The highest BCUT2D eigenvalue weighted by molar-refractivity contribution is 8.00. The third-order valence-corrected chi connectivity index (χ3v) is 4.90. The molecule has 1 aromatic rings. The summed E-state index contributed by atoms with van der Waals surface area (Å²) in [5, 5.41) is 3.97. The van der Waals surface area contributed by atoms with E-state index in [1.54, 1.807) is 7.11 Å². The molecule has 1 aliphatic rings. The zero-order chi connectivity index (χ0) is 13.1. The van der Waals surface area contributed by atoms with Crippen LogP contribution >= 0.6 is 11.8 Å². The van der Waals surface area contributed by atoms with Gasteiger partial charge in [-0.3, -0.25) is 4.90 Å². The maximum atomic E-state index is 5.36. The maximum Gasteiger partial charge on any atom is 0.122 e. The Morgan fingerprint density at radius 1 is 1.33 bits per heavy atom. The number of piperazine rings is 1. The van der Waals surface area contributed by atoms with Gasteiger partial charge in [0.15, 0.2) is 0 Å². The first kappa shape index (κ1) is 13.7. The fraction of sp³-hybridized carbons (Fsp3) is 0.571. The van der Waals surface area contributed by atoms with Crippen LogP contribution in [0.1, 0.15) is 11.1 Å². The van der Waals surface area contributed by atoms with Crippen molar-refractivity contribution in [1.82, 2.24) is 10.2 Å². The average molecular weight is 266 g/mol. The summed E-state index contributed by atoms with van der Waals surface area (Å²) in [6, 6.07) is 4.37. The van der Waals surface area contributed by atoms with Crippen LogP contribution in [-0.2, 0) is 0 Å². The lowest BCUT2D eigenvalue weighted by Crippen LogP contribution is -2.47. The largest absolute Gasteiger partial charge is 0.496 e. The fourth-order valence-corrected chi connectivity index (χ4v) is 3.44. The summed E-state index contributed by atoms with van der Waals surface area (Å²) in [6.45, 7) is 7.51. The van der Waals surface area contributed by atoms with E-state index in [2.05, 4.69) is 43.2 Å². The Bertz CT molecular complexity index is 423. The molecule has 4 heteroatoms. The van der Waals surface area contributed by atoms with E-state index in [9.17, 15) is 0 Å². The number of hydrogen-bond acceptors (Lipinski definition) is 4. The Morgan fingerprint density at radius 3 is 2.78 bits per heavy atom. The van der Waals surface area contributed by atoms with Gasteiger partial charge in [0.05, 0.1) is 12.5 Å². The number of aryl methyl sites for hydroxylation is 2. The number of thioether (sulfide) groups is 1. The molecule has 0 spiro atoms.